The summed E-state index contributed by atoms with van der Waals surface area (Å²) in [5, 5.41) is 0. The highest BCUT2D eigenvalue weighted by Gasteiger charge is 2.23. The molecule has 0 spiro atoms. The van der Waals surface area contributed by atoms with Crippen molar-refractivity contribution in [3.05, 3.63) is 28.0 Å². The van der Waals surface area contributed by atoms with Gasteiger partial charge in [-0.2, -0.15) is 0 Å². The fourth-order valence-corrected chi connectivity index (χ4v) is 3.32. The summed E-state index contributed by atoms with van der Waals surface area (Å²) >= 11 is 2.92. The second-order valence-corrected chi connectivity index (χ2v) is 6.00. The molecule has 7 heteroatoms. The van der Waals surface area contributed by atoms with Crippen molar-refractivity contribution in [2.45, 2.75) is 11.8 Å². The summed E-state index contributed by atoms with van der Waals surface area (Å²) in [4.78, 5) is 11.3. The van der Waals surface area contributed by atoms with E-state index in [-0.39, 0.29) is 16.0 Å². The molecular weight excluding hydrogens is 315 g/mol. The molecule has 0 atom stereocenters. The molecule has 1 aromatic rings. The molecular formula is C10H10BrFO4S. The van der Waals surface area contributed by atoms with Crippen LogP contribution in [-0.2, 0) is 14.6 Å². The lowest BCUT2D eigenvalue weighted by Crippen LogP contribution is -2.11. The van der Waals surface area contributed by atoms with Gasteiger partial charge in [-0.15, -0.1) is 0 Å². The second kappa shape index (κ2) is 5.14. The zero-order valence-corrected chi connectivity index (χ0v) is 11.6. The highest BCUT2D eigenvalue weighted by Crippen LogP contribution is 2.28. The Hall–Kier alpha value is -0.950. The van der Waals surface area contributed by atoms with Crippen molar-refractivity contribution < 1.29 is 22.3 Å². The average molecular weight is 325 g/mol. The summed E-state index contributed by atoms with van der Waals surface area (Å²) in [7, 11) is -3.54. The van der Waals surface area contributed by atoms with Crippen LogP contribution in [0.4, 0.5) is 4.39 Å². The number of sulfone groups is 1. The van der Waals surface area contributed by atoms with Gasteiger partial charge in [0.1, 0.15) is 11.4 Å². The molecule has 0 bridgehead atoms. The Labute approximate surface area is 107 Å². The van der Waals surface area contributed by atoms with Gasteiger partial charge in [0.2, 0.25) is 0 Å². The van der Waals surface area contributed by atoms with Crippen molar-refractivity contribution in [2.75, 3.05) is 12.9 Å². The third-order valence-electron chi connectivity index (χ3n) is 1.93. The first-order chi connectivity index (χ1) is 7.79. The van der Waals surface area contributed by atoms with Crippen LogP contribution in [0, 0.1) is 5.82 Å². The summed E-state index contributed by atoms with van der Waals surface area (Å²) in [6, 6.07) is 2.02. The zero-order chi connectivity index (χ0) is 13.2. The molecule has 0 heterocycles. The molecule has 0 radical (unpaired) electrons. The van der Waals surface area contributed by atoms with Crippen molar-refractivity contribution >= 4 is 31.7 Å². The quantitative estimate of drug-likeness (QED) is 0.631. The lowest BCUT2D eigenvalue weighted by molar-refractivity contribution is 0.0519. The van der Waals surface area contributed by atoms with Crippen LogP contribution in [0.25, 0.3) is 0 Å². The smallest absolute Gasteiger partial charge is 0.342 e. The summed E-state index contributed by atoms with van der Waals surface area (Å²) in [5.74, 6) is -1.73. The first-order valence-corrected chi connectivity index (χ1v) is 7.32. The van der Waals surface area contributed by atoms with E-state index in [9.17, 15) is 17.6 Å². The number of carbonyl (C=O) groups excluding carboxylic acids is 1. The first-order valence-electron chi connectivity index (χ1n) is 4.64. The summed E-state index contributed by atoms with van der Waals surface area (Å²) < 4.78 is 40.8. The number of carbonyl (C=O) groups is 1. The fraction of sp³-hybridized carbons (Fsp3) is 0.300. The number of halogens is 2. The third-order valence-corrected chi connectivity index (χ3v) is 4.16. The second-order valence-electron chi connectivity index (χ2n) is 3.23. The van der Waals surface area contributed by atoms with Crippen LogP contribution in [-0.4, -0.2) is 27.2 Å². The van der Waals surface area contributed by atoms with E-state index < -0.39 is 27.2 Å². The Bertz CT molecular complexity index is 554. The Morgan fingerprint density at radius 1 is 1.47 bits per heavy atom. The van der Waals surface area contributed by atoms with Crippen LogP contribution in [0.1, 0.15) is 17.3 Å². The van der Waals surface area contributed by atoms with Crippen molar-refractivity contribution in [2.24, 2.45) is 0 Å². The Morgan fingerprint density at radius 3 is 2.53 bits per heavy atom. The molecule has 0 fully saturated rings. The van der Waals surface area contributed by atoms with Crippen LogP contribution >= 0.6 is 15.9 Å². The number of hydrogen-bond acceptors (Lipinski definition) is 4. The van der Waals surface area contributed by atoms with Gasteiger partial charge in [0.05, 0.1) is 16.0 Å². The van der Waals surface area contributed by atoms with Crippen molar-refractivity contribution in [3.8, 4) is 0 Å². The monoisotopic (exact) mass is 324 g/mol. The summed E-state index contributed by atoms with van der Waals surface area (Å²) in [6.07, 6.45) is 0.972. The van der Waals surface area contributed by atoms with E-state index in [1.807, 2.05) is 0 Å². The molecule has 0 unspecified atom stereocenters. The van der Waals surface area contributed by atoms with Gasteiger partial charge in [0, 0.05) is 6.26 Å². The Morgan fingerprint density at radius 2 is 2.06 bits per heavy atom. The Kier molecular flexibility index (Phi) is 4.26. The predicted molar refractivity (Wildman–Crippen MR) is 63.2 cm³/mol. The topological polar surface area (TPSA) is 60.4 Å². The molecule has 0 saturated heterocycles. The normalized spacial score (nSPS) is 11.3. The maximum atomic E-state index is 13.5. The molecule has 94 valence electrons. The SMILES string of the molecule is CCOC(=O)c1c(F)ccc(S(C)(=O)=O)c1Br. The molecule has 17 heavy (non-hydrogen) atoms. The van der Waals surface area contributed by atoms with Crippen molar-refractivity contribution in [3.63, 3.8) is 0 Å². The Balaban J connectivity index is 3.46. The predicted octanol–water partition coefficient (Wildman–Crippen LogP) is 2.17. The molecule has 4 nitrogen and oxygen atoms in total. The molecule has 1 rings (SSSR count). The first kappa shape index (κ1) is 14.1. The molecule has 0 aliphatic carbocycles. The van der Waals surface area contributed by atoms with Crippen LogP contribution in [0.3, 0.4) is 0 Å². The minimum absolute atomic E-state index is 0.0772. The maximum Gasteiger partial charge on any atom is 0.342 e. The largest absolute Gasteiger partial charge is 0.462 e. The minimum Gasteiger partial charge on any atom is -0.462 e. The van der Waals surface area contributed by atoms with Gasteiger partial charge in [-0.25, -0.2) is 17.6 Å². The van der Waals surface area contributed by atoms with Crippen molar-refractivity contribution in [1.29, 1.82) is 0 Å². The van der Waals surface area contributed by atoms with Gasteiger partial charge in [-0.05, 0) is 35.0 Å². The van der Waals surface area contributed by atoms with E-state index in [1.54, 1.807) is 6.92 Å². The van der Waals surface area contributed by atoms with Crippen LogP contribution in [0.2, 0.25) is 0 Å². The number of ether oxygens (including phenoxy) is 1. The van der Waals surface area contributed by atoms with E-state index in [4.69, 9.17) is 0 Å². The highest BCUT2D eigenvalue weighted by atomic mass is 79.9. The zero-order valence-electron chi connectivity index (χ0n) is 9.16. The molecule has 0 amide bonds. The van der Waals surface area contributed by atoms with Crippen molar-refractivity contribution in [1.82, 2.24) is 0 Å². The lowest BCUT2D eigenvalue weighted by atomic mass is 10.2. The molecule has 0 saturated carbocycles. The van der Waals surface area contributed by atoms with Crippen LogP contribution in [0.5, 0.6) is 0 Å². The average Bonchev–Trinajstić information content (AvgIpc) is 2.15. The van der Waals surface area contributed by atoms with E-state index in [0.29, 0.717) is 0 Å². The van der Waals surface area contributed by atoms with Gasteiger partial charge >= 0.3 is 5.97 Å². The number of rotatable bonds is 3. The molecule has 0 N–H and O–H groups in total. The van der Waals surface area contributed by atoms with Crippen LogP contribution < -0.4 is 0 Å². The van der Waals surface area contributed by atoms with E-state index >= 15 is 0 Å². The van der Waals surface area contributed by atoms with Gasteiger partial charge in [-0.1, -0.05) is 0 Å². The number of esters is 1. The maximum absolute atomic E-state index is 13.5. The van der Waals surface area contributed by atoms with Gasteiger partial charge in [-0.3, -0.25) is 0 Å². The third kappa shape index (κ3) is 3.04. The van der Waals surface area contributed by atoms with Gasteiger partial charge < -0.3 is 4.74 Å². The van der Waals surface area contributed by atoms with Crippen LogP contribution in [0.15, 0.2) is 21.5 Å². The minimum atomic E-state index is -3.54. The summed E-state index contributed by atoms with van der Waals surface area (Å²) in [6.45, 7) is 1.65. The molecule has 0 aromatic heterocycles. The van der Waals surface area contributed by atoms with E-state index in [0.717, 1.165) is 18.4 Å². The number of hydrogen-bond donors (Lipinski definition) is 0. The lowest BCUT2D eigenvalue weighted by Gasteiger charge is -2.09. The highest BCUT2D eigenvalue weighted by molar-refractivity contribution is 9.10. The standard InChI is InChI=1S/C10H10BrFO4S/c1-3-16-10(13)8-6(12)4-5-7(9(8)11)17(2,14)15/h4-5H,3H2,1-2H3. The molecule has 0 aliphatic heterocycles. The summed E-state index contributed by atoms with van der Waals surface area (Å²) in [5.41, 5.74) is -0.408. The number of benzene rings is 1. The van der Waals surface area contributed by atoms with E-state index in [1.165, 1.54) is 0 Å². The molecule has 1 aromatic carbocycles. The fourth-order valence-electron chi connectivity index (χ4n) is 1.21. The van der Waals surface area contributed by atoms with Gasteiger partial charge in [0.25, 0.3) is 0 Å². The molecule has 0 aliphatic rings. The van der Waals surface area contributed by atoms with E-state index in [2.05, 4.69) is 20.7 Å². The van der Waals surface area contributed by atoms with Gasteiger partial charge in [0.15, 0.2) is 9.84 Å².